The molecule has 68 valence electrons. The average molecular weight is 168 g/mol. The highest BCUT2D eigenvalue weighted by molar-refractivity contribution is 5.37. The van der Waals surface area contributed by atoms with E-state index < -0.39 is 0 Å². The molecule has 0 fully saturated rings. The summed E-state index contributed by atoms with van der Waals surface area (Å²) in [5, 5.41) is 7.33. The summed E-state index contributed by atoms with van der Waals surface area (Å²) < 4.78 is 1.79. The zero-order chi connectivity index (χ0) is 8.97. The van der Waals surface area contributed by atoms with Gasteiger partial charge in [0.25, 0.3) is 0 Å². The zero-order valence-electron chi connectivity index (χ0n) is 7.91. The molecule has 4 nitrogen and oxygen atoms in total. The highest BCUT2D eigenvalue weighted by Gasteiger charge is 1.94. The van der Waals surface area contributed by atoms with Crippen molar-refractivity contribution in [1.29, 1.82) is 0 Å². The van der Waals surface area contributed by atoms with E-state index in [1.165, 1.54) is 0 Å². The Morgan fingerprint density at radius 2 is 2.33 bits per heavy atom. The average Bonchev–Trinajstić information content (AvgIpc) is 2.35. The third kappa shape index (κ3) is 2.92. The molecule has 0 bridgehead atoms. The molecule has 0 radical (unpaired) electrons. The fourth-order valence-electron chi connectivity index (χ4n) is 0.936. The molecule has 0 aliphatic heterocycles. The van der Waals surface area contributed by atoms with Crippen LogP contribution in [0.5, 0.6) is 0 Å². The van der Waals surface area contributed by atoms with Crippen LogP contribution in [0.1, 0.15) is 0 Å². The summed E-state index contributed by atoms with van der Waals surface area (Å²) in [5.74, 6) is 0. The van der Waals surface area contributed by atoms with Gasteiger partial charge in [0.1, 0.15) is 0 Å². The number of hydrogen-bond donors (Lipinski definition) is 1. The molecule has 0 aromatic carbocycles. The van der Waals surface area contributed by atoms with Crippen molar-refractivity contribution in [3.63, 3.8) is 0 Å². The second kappa shape index (κ2) is 4.11. The van der Waals surface area contributed by atoms with Gasteiger partial charge in [0.05, 0.1) is 11.9 Å². The molecule has 0 saturated heterocycles. The van der Waals surface area contributed by atoms with Gasteiger partial charge in [-0.05, 0) is 14.1 Å². The third-order valence-corrected chi connectivity index (χ3v) is 1.59. The van der Waals surface area contributed by atoms with Gasteiger partial charge in [-0.1, -0.05) is 0 Å². The van der Waals surface area contributed by atoms with Crippen LogP contribution >= 0.6 is 0 Å². The summed E-state index contributed by atoms with van der Waals surface area (Å²) in [6.45, 7) is 1.99. The Bertz CT molecular complexity index is 229. The monoisotopic (exact) mass is 168 g/mol. The van der Waals surface area contributed by atoms with Crippen LogP contribution in [0.4, 0.5) is 5.69 Å². The van der Waals surface area contributed by atoms with Gasteiger partial charge in [-0.15, -0.1) is 0 Å². The molecule has 0 aliphatic carbocycles. The first kappa shape index (κ1) is 9.06. The predicted molar refractivity (Wildman–Crippen MR) is 50.3 cm³/mol. The minimum atomic E-state index is 0.957. The number of likely N-dealkylation sites (N-methyl/N-ethyl adjacent to an activating group) is 1. The van der Waals surface area contributed by atoms with Crippen LogP contribution in [0.2, 0.25) is 0 Å². The first-order valence-corrected chi connectivity index (χ1v) is 4.06. The number of anilines is 1. The molecule has 0 unspecified atom stereocenters. The van der Waals surface area contributed by atoms with Crippen molar-refractivity contribution in [3.05, 3.63) is 12.4 Å². The maximum atomic E-state index is 4.05. The second-order valence-corrected chi connectivity index (χ2v) is 3.13. The molecular weight excluding hydrogens is 152 g/mol. The maximum Gasteiger partial charge on any atom is 0.0726 e. The Morgan fingerprint density at radius 1 is 1.58 bits per heavy atom. The van der Waals surface area contributed by atoms with E-state index in [9.17, 15) is 0 Å². The van der Waals surface area contributed by atoms with Crippen LogP contribution in [0, 0.1) is 0 Å². The smallest absolute Gasteiger partial charge is 0.0726 e. The SMILES string of the molecule is CN(C)CCNc1cnn(C)c1. The van der Waals surface area contributed by atoms with Crippen LogP contribution < -0.4 is 5.32 Å². The molecule has 1 aromatic rings. The minimum absolute atomic E-state index is 0.957. The van der Waals surface area contributed by atoms with Crippen LogP contribution in [-0.4, -0.2) is 41.9 Å². The molecule has 4 heteroatoms. The topological polar surface area (TPSA) is 33.1 Å². The maximum absolute atomic E-state index is 4.05. The molecule has 1 N–H and O–H groups in total. The van der Waals surface area contributed by atoms with E-state index in [0.717, 1.165) is 18.8 Å². The largest absolute Gasteiger partial charge is 0.381 e. The van der Waals surface area contributed by atoms with Gasteiger partial charge in [0.2, 0.25) is 0 Å². The Balaban J connectivity index is 2.24. The van der Waals surface area contributed by atoms with Crippen molar-refractivity contribution < 1.29 is 0 Å². The van der Waals surface area contributed by atoms with Gasteiger partial charge in [0, 0.05) is 26.3 Å². The van der Waals surface area contributed by atoms with E-state index in [0.29, 0.717) is 0 Å². The lowest BCUT2D eigenvalue weighted by molar-refractivity contribution is 0.425. The van der Waals surface area contributed by atoms with Crippen LogP contribution in [0.3, 0.4) is 0 Å². The lowest BCUT2D eigenvalue weighted by atomic mass is 10.5. The fourth-order valence-corrected chi connectivity index (χ4v) is 0.936. The number of nitrogens with zero attached hydrogens (tertiary/aromatic N) is 3. The Morgan fingerprint density at radius 3 is 2.83 bits per heavy atom. The molecule has 0 amide bonds. The Hall–Kier alpha value is -1.03. The second-order valence-electron chi connectivity index (χ2n) is 3.13. The van der Waals surface area contributed by atoms with Crippen molar-refractivity contribution in [1.82, 2.24) is 14.7 Å². The van der Waals surface area contributed by atoms with Crippen LogP contribution in [-0.2, 0) is 7.05 Å². The zero-order valence-corrected chi connectivity index (χ0v) is 7.91. The number of rotatable bonds is 4. The molecule has 12 heavy (non-hydrogen) atoms. The summed E-state index contributed by atoms with van der Waals surface area (Å²) in [4.78, 5) is 2.14. The Labute approximate surface area is 73.2 Å². The summed E-state index contributed by atoms with van der Waals surface area (Å²) >= 11 is 0. The molecule has 0 saturated carbocycles. The number of nitrogens with one attached hydrogen (secondary N) is 1. The van der Waals surface area contributed by atoms with Crippen LogP contribution in [0.25, 0.3) is 0 Å². The van der Waals surface area contributed by atoms with Gasteiger partial charge in [0.15, 0.2) is 0 Å². The molecule has 0 atom stereocenters. The molecule has 1 heterocycles. The fraction of sp³-hybridized carbons (Fsp3) is 0.625. The normalized spacial score (nSPS) is 10.7. The summed E-state index contributed by atoms with van der Waals surface area (Å²) in [6.07, 6.45) is 3.80. The molecule has 0 spiro atoms. The summed E-state index contributed by atoms with van der Waals surface area (Å²) in [5.41, 5.74) is 1.08. The quantitative estimate of drug-likeness (QED) is 0.706. The van der Waals surface area contributed by atoms with Crippen molar-refractivity contribution in [2.75, 3.05) is 32.5 Å². The first-order chi connectivity index (χ1) is 5.68. The van der Waals surface area contributed by atoms with Crippen molar-refractivity contribution in [2.24, 2.45) is 7.05 Å². The summed E-state index contributed by atoms with van der Waals surface area (Å²) in [7, 11) is 6.03. The lowest BCUT2D eigenvalue weighted by Gasteiger charge is -2.09. The molecule has 1 rings (SSSR count). The number of hydrogen-bond acceptors (Lipinski definition) is 3. The Kier molecular flexibility index (Phi) is 3.10. The third-order valence-electron chi connectivity index (χ3n) is 1.59. The molecular formula is C8H16N4. The highest BCUT2D eigenvalue weighted by Crippen LogP contribution is 2.01. The standard InChI is InChI=1S/C8H16N4/c1-11(2)5-4-9-8-6-10-12(3)7-8/h6-7,9H,4-5H2,1-3H3. The van der Waals surface area contributed by atoms with E-state index in [-0.39, 0.29) is 0 Å². The van der Waals surface area contributed by atoms with E-state index in [1.807, 2.05) is 19.4 Å². The predicted octanol–water partition coefficient (Wildman–Crippen LogP) is 0.394. The lowest BCUT2D eigenvalue weighted by Crippen LogP contribution is -2.20. The van der Waals surface area contributed by atoms with Crippen LogP contribution in [0.15, 0.2) is 12.4 Å². The van der Waals surface area contributed by atoms with E-state index in [4.69, 9.17) is 0 Å². The molecule has 0 aliphatic rings. The van der Waals surface area contributed by atoms with Gasteiger partial charge in [-0.2, -0.15) is 5.10 Å². The summed E-state index contributed by atoms with van der Waals surface area (Å²) in [6, 6.07) is 0. The first-order valence-electron chi connectivity index (χ1n) is 4.06. The van der Waals surface area contributed by atoms with E-state index in [1.54, 1.807) is 4.68 Å². The van der Waals surface area contributed by atoms with E-state index >= 15 is 0 Å². The van der Waals surface area contributed by atoms with E-state index in [2.05, 4.69) is 29.4 Å². The van der Waals surface area contributed by atoms with Gasteiger partial charge in [-0.3, -0.25) is 4.68 Å². The number of aryl methyl sites for hydroxylation is 1. The van der Waals surface area contributed by atoms with Gasteiger partial charge < -0.3 is 10.2 Å². The minimum Gasteiger partial charge on any atom is -0.381 e. The molecule has 1 aromatic heterocycles. The van der Waals surface area contributed by atoms with Crippen molar-refractivity contribution in [2.45, 2.75) is 0 Å². The van der Waals surface area contributed by atoms with Gasteiger partial charge >= 0.3 is 0 Å². The van der Waals surface area contributed by atoms with Gasteiger partial charge in [-0.25, -0.2) is 0 Å². The van der Waals surface area contributed by atoms with Crippen molar-refractivity contribution in [3.8, 4) is 0 Å². The number of aromatic nitrogens is 2. The highest BCUT2D eigenvalue weighted by atomic mass is 15.3. The van der Waals surface area contributed by atoms with Crippen molar-refractivity contribution >= 4 is 5.69 Å².